The molecule has 3 aromatic rings. The van der Waals surface area contributed by atoms with Gasteiger partial charge in [-0.25, -0.2) is 0 Å². The predicted molar refractivity (Wildman–Crippen MR) is 99.3 cm³/mol. The van der Waals surface area contributed by atoms with Crippen LogP contribution >= 0.6 is 7.81 Å². The van der Waals surface area contributed by atoms with E-state index < -0.39 is 7.81 Å². The van der Waals surface area contributed by atoms with Gasteiger partial charge >= 0.3 is 33.0 Å². The Morgan fingerprint density at radius 2 is 0.731 bits per heavy atom. The van der Waals surface area contributed by atoms with E-state index in [0.717, 1.165) is 4.90 Å². The molecule has 140 valence electrons. The van der Waals surface area contributed by atoms with Gasteiger partial charge in [0.1, 0.15) is 4.90 Å². The van der Waals surface area contributed by atoms with Crippen molar-refractivity contribution in [1.29, 1.82) is 0 Å². The summed E-state index contributed by atoms with van der Waals surface area (Å²) in [6.45, 7) is 0. The Morgan fingerprint density at radius 1 is 0.462 bits per heavy atom. The molecule has 8 heteroatoms. The van der Waals surface area contributed by atoms with Gasteiger partial charge in [-0.2, -0.15) is 0 Å². The first kappa shape index (κ1) is 20.3. The standard InChI is InChI=1S/C18H14S.F6P/c19-18-12-10-17(11-13-18)16-8-6-15(7-9-16)14-4-2-1-3-5-14;1-7(2,3,4,5)6/h1-13,19H;/q;-1/p+1. The number of halogens is 6. The molecule has 0 aliphatic rings. The summed E-state index contributed by atoms with van der Waals surface area (Å²) in [5.41, 5.74) is 4.98. The third kappa shape index (κ3) is 8.41. The fourth-order valence-corrected chi connectivity index (χ4v) is 2.32. The van der Waals surface area contributed by atoms with E-state index in [0.29, 0.717) is 0 Å². The maximum absolute atomic E-state index is 10.7. The summed E-state index contributed by atoms with van der Waals surface area (Å²) < 4.78 is 59.2. The molecule has 0 aliphatic carbocycles. The summed E-state index contributed by atoms with van der Waals surface area (Å²) in [5.74, 6) is 0. The van der Waals surface area contributed by atoms with E-state index in [1.807, 2.05) is 6.07 Å². The molecular weight excluding hydrogens is 393 g/mol. The Kier molecular flexibility index (Phi) is 5.19. The molecule has 0 unspecified atom stereocenters. The van der Waals surface area contributed by atoms with Crippen molar-refractivity contribution in [1.82, 2.24) is 0 Å². The van der Waals surface area contributed by atoms with E-state index in [-0.39, 0.29) is 0 Å². The smallest absolute Gasteiger partial charge is 0.0622 e. The number of hydrogen-bond acceptors (Lipinski definition) is 0. The molecule has 0 heterocycles. The zero-order valence-electron chi connectivity index (χ0n) is 13.2. The van der Waals surface area contributed by atoms with Gasteiger partial charge in [0.15, 0.2) is 0 Å². The van der Waals surface area contributed by atoms with Gasteiger partial charge in [0.05, 0.1) is 0 Å². The minimum Gasteiger partial charge on any atom is -0.0622 e. The van der Waals surface area contributed by atoms with Crippen LogP contribution in [0.25, 0.3) is 22.3 Å². The van der Waals surface area contributed by atoms with Crippen LogP contribution in [0.5, 0.6) is 0 Å². The quantitative estimate of drug-likeness (QED) is 0.231. The van der Waals surface area contributed by atoms with Crippen molar-refractivity contribution in [2.24, 2.45) is 0 Å². The Morgan fingerprint density at radius 3 is 1.08 bits per heavy atom. The first-order valence-electron chi connectivity index (χ1n) is 7.32. The van der Waals surface area contributed by atoms with Gasteiger partial charge in [0.25, 0.3) is 0 Å². The maximum Gasteiger partial charge on any atom is 0.150 e. The summed E-state index contributed by atoms with van der Waals surface area (Å²) >= 11 is 3.51. The number of hydrogen-bond donors (Lipinski definition) is 0. The van der Waals surface area contributed by atoms with E-state index in [1.165, 1.54) is 22.3 Å². The third-order valence-corrected chi connectivity index (χ3v) is 3.54. The van der Waals surface area contributed by atoms with Crippen molar-refractivity contribution in [3.63, 3.8) is 0 Å². The molecule has 0 saturated heterocycles. The van der Waals surface area contributed by atoms with Crippen LogP contribution < -0.4 is 0 Å². The van der Waals surface area contributed by atoms with Crippen LogP contribution in [-0.4, -0.2) is 0 Å². The number of benzene rings is 3. The minimum absolute atomic E-state index is 1.10. The van der Waals surface area contributed by atoms with Gasteiger partial charge in [0.2, 0.25) is 0 Å². The van der Waals surface area contributed by atoms with Crippen molar-refractivity contribution >= 4 is 20.4 Å². The predicted octanol–water partition coefficient (Wildman–Crippen LogP) is 7.77. The molecule has 0 fully saturated rings. The molecule has 3 rings (SSSR count). The molecule has 0 spiro atoms. The molecule has 0 amide bonds. The minimum atomic E-state index is -10.7. The summed E-state index contributed by atoms with van der Waals surface area (Å²) in [7, 11) is -10.7. The van der Waals surface area contributed by atoms with E-state index in [1.54, 1.807) is 0 Å². The number of rotatable bonds is 2. The monoisotopic (exact) mass is 408 g/mol. The van der Waals surface area contributed by atoms with Gasteiger partial charge in [0, 0.05) is 0 Å². The fraction of sp³-hybridized carbons (Fsp3) is 0. The topological polar surface area (TPSA) is 0 Å². The van der Waals surface area contributed by atoms with Crippen LogP contribution in [0.4, 0.5) is 25.2 Å². The van der Waals surface area contributed by atoms with Crippen molar-refractivity contribution in [3.8, 4) is 22.3 Å². The molecule has 0 radical (unpaired) electrons. The van der Waals surface area contributed by atoms with Gasteiger partial charge in [-0.1, -0.05) is 54.6 Å². The average Bonchev–Trinajstić information content (AvgIpc) is 2.54. The fourth-order valence-electron chi connectivity index (χ4n) is 2.15. The van der Waals surface area contributed by atoms with Gasteiger partial charge < -0.3 is 0 Å². The summed E-state index contributed by atoms with van der Waals surface area (Å²) in [6, 6.07) is 27.5. The molecular formula is C18H15F6PS. The van der Waals surface area contributed by atoms with Gasteiger partial charge in [-0.15, -0.1) is 0 Å². The van der Waals surface area contributed by atoms with Crippen LogP contribution in [0.1, 0.15) is 0 Å². The largest absolute Gasteiger partial charge is 0.150 e. The first-order chi connectivity index (χ1) is 11.8. The van der Waals surface area contributed by atoms with E-state index in [4.69, 9.17) is 0 Å². The first-order valence-corrected chi connectivity index (χ1v) is 9.85. The Labute approximate surface area is 152 Å². The maximum atomic E-state index is 9.87. The average molecular weight is 408 g/mol. The Hall–Kier alpha value is -1.98. The third-order valence-electron chi connectivity index (χ3n) is 3.21. The van der Waals surface area contributed by atoms with Crippen molar-refractivity contribution in [2.45, 2.75) is 4.90 Å². The molecule has 3 aromatic carbocycles. The normalized spacial score (nSPS) is 13.8. The van der Waals surface area contributed by atoms with Crippen molar-refractivity contribution < 1.29 is 25.2 Å². The Bertz CT molecular complexity index is 847. The molecule has 0 aromatic heterocycles. The molecule has 0 bridgehead atoms. The summed E-state index contributed by atoms with van der Waals surface area (Å²) in [6.07, 6.45) is 0. The van der Waals surface area contributed by atoms with E-state index >= 15 is 0 Å². The summed E-state index contributed by atoms with van der Waals surface area (Å²) in [4.78, 5) is 1.10. The van der Waals surface area contributed by atoms with Crippen LogP contribution in [0.2, 0.25) is 0 Å². The van der Waals surface area contributed by atoms with Crippen LogP contribution in [0.15, 0.2) is 83.8 Å². The zero-order chi connectivity index (χ0) is 19.5. The van der Waals surface area contributed by atoms with Crippen molar-refractivity contribution in [2.75, 3.05) is 0 Å². The van der Waals surface area contributed by atoms with Gasteiger partial charge in [-0.3, -0.25) is 0 Å². The second-order valence-electron chi connectivity index (χ2n) is 5.48. The molecule has 0 aliphatic heterocycles. The van der Waals surface area contributed by atoms with Crippen molar-refractivity contribution in [3.05, 3.63) is 78.9 Å². The van der Waals surface area contributed by atoms with Crippen LogP contribution in [0, 0.1) is 0 Å². The van der Waals surface area contributed by atoms with E-state index in [2.05, 4.69) is 85.4 Å². The van der Waals surface area contributed by atoms with E-state index in [9.17, 15) is 25.2 Å². The molecule has 0 nitrogen and oxygen atoms in total. The van der Waals surface area contributed by atoms with Crippen LogP contribution in [-0.2, 0) is 12.6 Å². The molecule has 0 atom stereocenters. The van der Waals surface area contributed by atoms with Gasteiger partial charge in [-0.05, 0) is 59.1 Å². The SMILES string of the molecule is F[P-](F)(F)(F)(F)F.[SH2+]c1ccc(-c2ccc(-c3ccccc3)cc2)cc1. The Balaban J connectivity index is 0.000000298. The summed E-state index contributed by atoms with van der Waals surface area (Å²) in [5, 5.41) is 0. The molecule has 26 heavy (non-hydrogen) atoms. The second-order valence-corrected chi connectivity index (χ2v) is 7.97. The zero-order valence-corrected chi connectivity index (χ0v) is 15.1. The van der Waals surface area contributed by atoms with Crippen LogP contribution in [0.3, 0.4) is 0 Å². The molecule has 0 saturated carbocycles. The molecule has 0 N–H and O–H groups in total. The second kappa shape index (κ2) is 6.63.